The van der Waals surface area contributed by atoms with Gasteiger partial charge in [0, 0.05) is 25.2 Å². The van der Waals surface area contributed by atoms with Crippen molar-refractivity contribution in [1.29, 1.82) is 0 Å². The van der Waals surface area contributed by atoms with E-state index in [4.69, 9.17) is 0 Å². The summed E-state index contributed by atoms with van der Waals surface area (Å²) in [5.74, 6) is -0.827. The SMILES string of the molecule is CCCn1c(=O)sc2cc(F)c(-c3nn(C)c(C(F)(F)F)cc3=O)cc21. The molecule has 0 radical (unpaired) electrons. The number of aryl methyl sites for hydroxylation is 2. The van der Waals surface area contributed by atoms with Gasteiger partial charge in [-0.05, 0) is 18.6 Å². The summed E-state index contributed by atoms with van der Waals surface area (Å²) in [6.45, 7) is 2.27. The van der Waals surface area contributed by atoms with Gasteiger partial charge < -0.3 is 0 Å². The molecule has 26 heavy (non-hydrogen) atoms. The molecule has 0 saturated carbocycles. The van der Waals surface area contributed by atoms with Crippen LogP contribution in [0.25, 0.3) is 21.5 Å². The molecule has 0 unspecified atom stereocenters. The van der Waals surface area contributed by atoms with E-state index in [-0.39, 0.29) is 10.4 Å². The minimum Gasteiger partial charge on any atom is -0.299 e. The van der Waals surface area contributed by atoms with Gasteiger partial charge in [0.25, 0.3) is 0 Å². The lowest BCUT2D eigenvalue weighted by atomic mass is 10.1. The molecule has 0 amide bonds. The third-order valence-electron chi connectivity index (χ3n) is 3.85. The van der Waals surface area contributed by atoms with Crippen LogP contribution in [-0.4, -0.2) is 14.3 Å². The number of thiazole rings is 1. The van der Waals surface area contributed by atoms with Crippen molar-refractivity contribution in [3.8, 4) is 11.3 Å². The first-order valence-corrected chi connectivity index (χ1v) is 8.44. The number of aromatic nitrogens is 3. The molecule has 0 aliphatic carbocycles. The predicted molar refractivity (Wildman–Crippen MR) is 89.8 cm³/mol. The van der Waals surface area contributed by atoms with Gasteiger partial charge in [-0.3, -0.25) is 18.8 Å². The second kappa shape index (κ2) is 6.35. The Kier molecular flexibility index (Phi) is 4.47. The summed E-state index contributed by atoms with van der Waals surface area (Å²) in [5.41, 5.74) is -2.54. The molecule has 0 bridgehead atoms. The molecule has 1 aromatic carbocycles. The van der Waals surface area contributed by atoms with Crippen LogP contribution in [0.15, 0.2) is 27.8 Å². The smallest absolute Gasteiger partial charge is 0.299 e. The molecule has 5 nitrogen and oxygen atoms in total. The third kappa shape index (κ3) is 3.05. The first-order valence-electron chi connectivity index (χ1n) is 7.62. The monoisotopic (exact) mass is 387 g/mol. The summed E-state index contributed by atoms with van der Waals surface area (Å²) in [6.07, 6.45) is -4.09. The summed E-state index contributed by atoms with van der Waals surface area (Å²) in [6, 6.07) is 2.77. The van der Waals surface area contributed by atoms with E-state index in [1.54, 1.807) is 0 Å². The molecule has 0 fully saturated rings. The number of hydrogen-bond donors (Lipinski definition) is 0. The molecule has 138 valence electrons. The van der Waals surface area contributed by atoms with Crippen LogP contribution in [0, 0.1) is 5.82 Å². The van der Waals surface area contributed by atoms with Crippen molar-refractivity contribution in [1.82, 2.24) is 14.3 Å². The van der Waals surface area contributed by atoms with Crippen LogP contribution >= 0.6 is 11.3 Å². The number of benzene rings is 1. The van der Waals surface area contributed by atoms with Crippen LogP contribution in [0.3, 0.4) is 0 Å². The standard InChI is InChI=1S/C16H13F4N3O2S/c1-3-4-23-10-5-8(9(17)6-12(10)26-15(23)25)14-11(24)7-13(16(18,19)20)22(2)21-14/h5-7H,3-4H2,1-2H3. The van der Waals surface area contributed by atoms with E-state index in [1.165, 1.54) is 10.6 Å². The van der Waals surface area contributed by atoms with E-state index in [2.05, 4.69) is 5.10 Å². The van der Waals surface area contributed by atoms with Crippen molar-refractivity contribution in [2.24, 2.45) is 7.05 Å². The Morgan fingerprint density at radius 3 is 2.50 bits per heavy atom. The average molecular weight is 387 g/mol. The summed E-state index contributed by atoms with van der Waals surface area (Å²) >= 11 is 0.865. The first-order chi connectivity index (χ1) is 12.1. The Balaban J connectivity index is 2.27. The van der Waals surface area contributed by atoms with Crippen molar-refractivity contribution in [3.05, 3.63) is 49.6 Å². The maximum absolute atomic E-state index is 14.5. The molecule has 2 aromatic heterocycles. The summed E-state index contributed by atoms with van der Waals surface area (Å²) in [4.78, 5) is 23.9. The lowest BCUT2D eigenvalue weighted by Gasteiger charge is -2.12. The highest BCUT2D eigenvalue weighted by molar-refractivity contribution is 7.16. The van der Waals surface area contributed by atoms with Crippen LogP contribution < -0.4 is 10.3 Å². The lowest BCUT2D eigenvalue weighted by molar-refractivity contribution is -0.144. The molecule has 3 aromatic rings. The van der Waals surface area contributed by atoms with Gasteiger partial charge in [0.1, 0.15) is 17.2 Å². The van der Waals surface area contributed by atoms with Crippen LogP contribution in [0.4, 0.5) is 17.6 Å². The molecule has 0 atom stereocenters. The highest BCUT2D eigenvalue weighted by Crippen LogP contribution is 2.30. The van der Waals surface area contributed by atoms with Crippen LogP contribution in [0.1, 0.15) is 19.0 Å². The minimum absolute atomic E-state index is 0.241. The van der Waals surface area contributed by atoms with Gasteiger partial charge in [-0.25, -0.2) is 4.39 Å². The molecule has 3 rings (SSSR count). The Hall–Kier alpha value is -2.49. The maximum atomic E-state index is 14.5. The lowest BCUT2D eigenvalue weighted by Crippen LogP contribution is -2.23. The highest BCUT2D eigenvalue weighted by atomic mass is 32.1. The zero-order valence-corrected chi connectivity index (χ0v) is 14.5. The fourth-order valence-electron chi connectivity index (χ4n) is 2.69. The Morgan fingerprint density at radius 2 is 1.88 bits per heavy atom. The fourth-order valence-corrected chi connectivity index (χ4v) is 3.62. The maximum Gasteiger partial charge on any atom is 0.433 e. The molecule has 0 spiro atoms. The van der Waals surface area contributed by atoms with E-state index in [1.807, 2.05) is 6.92 Å². The van der Waals surface area contributed by atoms with Crippen molar-refractivity contribution in [2.45, 2.75) is 26.1 Å². The molecule has 0 aliphatic heterocycles. The first kappa shape index (κ1) is 18.3. The Labute approximate surface area is 148 Å². The molecule has 2 heterocycles. The zero-order valence-electron chi connectivity index (χ0n) is 13.7. The number of hydrogen-bond acceptors (Lipinski definition) is 4. The number of nitrogens with zero attached hydrogens (tertiary/aromatic N) is 3. The van der Waals surface area contributed by atoms with Gasteiger partial charge in [0.15, 0.2) is 0 Å². The van der Waals surface area contributed by atoms with Crippen LogP contribution in [-0.2, 0) is 19.8 Å². The van der Waals surface area contributed by atoms with Crippen LogP contribution in [0.5, 0.6) is 0 Å². The minimum atomic E-state index is -4.75. The molecular weight excluding hydrogens is 374 g/mol. The summed E-state index contributed by atoms with van der Waals surface area (Å²) < 4.78 is 55.4. The number of rotatable bonds is 3. The molecule has 0 aliphatic rings. The van der Waals surface area contributed by atoms with Crippen LogP contribution in [0.2, 0.25) is 0 Å². The van der Waals surface area contributed by atoms with E-state index < -0.39 is 28.8 Å². The van der Waals surface area contributed by atoms with E-state index in [0.29, 0.717) is 33.9 Å². The van der Waals surface area contributed by atoms with Crippen molar-refractivity contribution in [2.75, 3.05) is 0 Å². The summed E-state index contributed by atoms with van der Waals surface area (Å²) in [7, 11) is 1.03. The second-order valence-electron chi connectivity index (χ2n) is 5.68. The van der Waals surface area contributed by atoms with Gasteiger partial charge >= 0.3 is 11.0 Å². The van der Waals surface area contributed by atoms with Gasteiger partial charge in [0.05, 0.1) is 10.2 Å². The van der Waals surface area contributed by atoms with Crippen molar-refractivity contribution >= 4 is 21.6 Å². The quantitative estimate of drug-likeness (QED) is 0.648. The Bertz CT molecular complexity index is 1110. The van der Waals surface area contributed by atoms with E-state index in [0.717, 1.165) is 24.5 Å². The Morgan fingerprint density at radius 1 is 1.19 bits per heavy atom. The van der Waals surface area contributed by atoms with Gasteiger partial charge in [0.2, 0.25) is 5.43 Å². The van der Waals surface area contributed by atoms with E-state index >= 15 is 0 Å². The largest absolute Gasteiger partial charge is 0.433 e. The molecular formula is C16H13F4N3O2S. The zero-order chi connectivity index (χ0) is 19.2. The average Bonchev–Trinajstić information content (AvgIpc) is 2.83. The van der Waals surface area contributed by atoms with Crippen molar-refractivity contribution in [3.63, 3.8) is 0 Å². The molecule has 0 saturated heterocycles. The number of fused-ring (bicyclic) bond motifs is 1. The second-order valence-corrected chi connectivity index (χ2v) is 6.68. The molecule has 0 N–H and O–H groups in total. The predicted octanol–water partition coefficient (Wildman–Crippen LogP) is 3.39. The normalized spacial score (nSPS) is 12.1. The van der Waals surface area contributed by atoms with E-state index in [9.17, 15) is 27.2 Å². The van der Waals surface area contributed by atoms with Gasteiger partial charge in [-0.2, -0.15) is 18.3 Å². The third-order valence-corrected chi connectivity index (χ3v) is 4.79. The van der Waals surface area contributed by atoms with Gasteiger partial charge in [-0.1, -0.05) is 18.3 Å². The fraction of sp³-hybridized carbons (Fsp3) is 0.312. The number of halogens is 4. The van der Waals surface area contributed by atoms with Crippen molar-refractivity contribution < 1.29 is 17.6 Å². The summed E-state index contributed by atoms with van der Waals surface area (Å²) in [5, 5.41) is 3.62. The topological polar surface area (TPSA) is 56.9 Å². The highest BCUT2D eigenvalue weighted by Gasteiger charge is 2.34. The molecule has 10 heteroatoms. The van der Waals surface area contributed by atoms with Gasteiger partial charge in [-0.15, -0.1) is 0 Å². The number of alkyl halides is 3.